The van der Waals surface area contributed by atoms with Crippen LogP contribution in [0.4, 0.5) is 40.1 Å². The van der Waals surface area contributed by atoms with E-state index in [0.29, 0.717) is 0 Å². The fourth-order valence-electron chi connectivity index (χ4n) is 7.84. The van der Waals surface area contributed by atoms with Crippen LogP contribution < -0.4 is 19.6 Å². The monoisotopic (exact) mass is 532 g/mol. The van der Waals surface area contributed by atoms with E-state index in [4.69, 9.17) is 16.5 Å². The Kier molecular flexibility index (Phi) is 4.54. The zero-order valence-electron chi connectivity index (χ0n) is 22.7. The predicted molar refractivity (Wildman–Crippen MR) is 165 cm³/mol. The first kappa shape index (κ1) is 22.7. The van der Waals surface area contributed by atoms with E-state index in [1.165, 1.54) is 33.9 Å². The summed E-state index contributed by atoms with van der Waals surface area (Å²) in [5.41, 5.74) is 9.62. The molecule has 41 heavy (non-hydrogen) atoms. The number of allylic oxidation sites excluding steroid dienone is 1. The Morgan fingerprint density at radius 3 is 1.98 bits per heavy atom. The van der Waals surface area contributed by atoms with E-state index in [1.807, 2.05) is 0 Å². The molecule has 4 aromatic carbocycles. The van der Waals surface area contributed by atoms with Gasteiger partial charge < -0.3 is 19.6 Å². The summed E-state index contributed by atoms with van der Waals surface area (Å²) in [7, 11) is 2.17. The SMILES string of the molecule is C=C1c2ccccc2N2c3nccnc3N(C)C2C2C1c1ccccc1N1c3ccccc3N(c3ccccc3)C21. The van der Waals surface area contributed by atoms with Crippen molar-refractivity contribution in [3.63, 3.8) is 0 Å². The summed E-state index contributed by atoms with van der Waals surface area (Å²) in [5, 5.41) is 0. The minimum absolute atomic E-state index is 0.00924. The van der Waals surface area contributed by atoms with Crippen molar-refractivity contribution in [3.05, 3.63) is 133 Å². The summed E-state index contributed by atoms with van der Waals surface area (Å²) in [6, 6.07) is 37.2. The van der Waals surface area contributed by atoms with E-state index < -0.39 is 0 Å². The summed E-state index contributed by atoms with van der Waals surface area (Å²) in [6.45, 7) is 4.85. The number of hydrogen-bond donors (Lipinski definition) is 0. The number of aromatic nitrogens is 2. The van der Waals surface area contributed by atoms with Crippen LogP contribution >= 0.6 is 0 Å². The van der Waals surface area contributed by atoms with Gasteiger partial charge in [-0.25, -0.2) is 9.97 Å². The van der Waals surface area contributed by atoms with E-state index in [-0.39, 0.29) is 24.2 Å². The second kappa shape index (κ2) is 8.21. The second-order valence-corrected chi connectivity index (χ2v) is 11.2. The standard InChI is InChI=1S/C35H28N6/c1-22-24-14-6-8-16-26(24)41-33-32(36-20-21-37-33)38(2)34(41)31-30(22)25-15-7-9-17-27(25)40-29-19-11-10-18-28(29)39(35(31)40)23-12-4-3-5-13-23/h3-21,30-31,34-35H,1H2,2H3. The molecule has 4 atom stereocenters. The number of para-hydroxylation sites is 5. The van der Waals surface area contributed by atoms with E-state index >= 15 is 0 Å². The van der Waals surface area contributed by atoms with Crippen molar-refractivity contribution < 1.29 is 0 Å². The quantitative estimate of drug-likeness (QED) is 0.223. The lowest BCUT2D eigenvalue weighted by Gasteiger charge is -2.50. The van der Waals surface area contributed by atoms with Gasteiger partial charge in [-0.2, -0.15) is 0 Å². The molecule has 0 fully saturated rings. The third kappa shape index (κ3) is 2.86. The Hall–Kier alpha value is -5.10. The van der Waals surface area contributed by atoms with Crippen LogP contribution in [0.1, 0.15) is 17.0 Å². The number of fused-ring (bicyclic) bond motifs is 14. The zero-order chi connectivity index (χ0) is 27.2. The van der Waals surface area contributed by atoms with Crippen molar-refractivity contribution in [1.29, 1.82) is 0 Å². The van der Waals surface area contributed by atoms with Gasteiger partial charge in [-0.1, -0.05) is 73.3 Å². The fraction of sp³-hybridized carbons (Fsp3) is 0.143. The average Bonchev–Trinajstić information content (AvgIpc) is 3.49. The molecule has 4 unspecified atom stereocenters. The molecule has 0 aliphatic carbocycles. The van der Waals surface area contributed by atoms with Crippen molar-refractivity contribution in [2.75, 3.05) is 26.6 Å². The average molecular weight is 533 g/mol. The van der Waals surface area contributed by atoms with E-state index in [0.717, 1.165) is 22.9 Å². The molecule has 4 aliphatic heterocycles. The third-order valence-corrected chi connectivity index (χ3v) is 9.34. The molecule has 6 heteroatoms. The van der Waals surface area contributed by atoms with Crippen molar-refractivity contribution >= 4 is 45.6 Å². The molecule has 0 amide bonds. The van der Waals surface area contributed by atoms with Gasteiger partial charge in [0.05, 0.1) is 17.1 Å². The summed E-state index contributed by atoms with van der Waals surface area (Å²) in [4.78, 5) is 19.6. The molecule has 0 saturated heterocycles. The van der Waals surface area contributed by atoms with Crippen molar-refractivity contribution in [2.24, 2.45) is 5.92 Å². The Labute approximate surface area is 239 Å². The van der Waals surface area contributed by atoms with Crippen molar-refractivity contribution in [3.8, 4) is 0 Å². The lowest BCUT2D eigenvalue weighted by Crippen LogP contribution is -2.59. The smallest absolute Gasteiger partial charge is 0.178 e. The lowest BCUT2D eigenvalue weighted by atomic mass is 9.72. The van der Waals surface area contributed by atoms with E-state index in [1.54, 1.807) is 12.4 Å². The molecule has 198 valence electrons. The Bertz CT molecular complexity index is 1850. The van der Waals surface area contributed by atoms with E-state index in [2.05, 4.69) is 130 Å². The Balaban J connectivity index is 1.38. The van der Waals surface area contributed by atoms with Crippen molar-refractivity contribution in [1.82, 2.24) is 9.97 Å². The van der Waals surface area contributed by atoms with Gasteiger partial charge >= 0.3 is 0 Å². The van der Waals surface area contributed by atoms with Gasteiger partial charge in [-0.3, -0.25) is 0 Å². The number of hydrogen-bond acceptors (Lipinski definition) is 6. The van der Waals surface area contributed by atoms with Gasteiger partial charge in [0.2, 0.25) is 0 Å². The highest BCUT2D eigenvalue weighted by Gasteiger charge is 2.58. The maximum Gasteiger partial charge on any atom is 0.178 e. The van der Waals surface area contributed by atoms with Gasteiger partial charge in [0, 0.05) is 48.2 Å². The Morgan fingerprint density at radius 2 is 1.20 bits per heavy atom. The van der Waals surface area contributed by atoms with Crippen LogP contribution in [0.5, 0.6) is 0 Å². The highest BCUT2D eigenvalue weighted by Crippen LogP contribution is 2.63. The summed E-state index contributed by atoms with van der Waals surface area (Å²) in [6.07, 6.45) is 3.55. The van der Waals surface area contributed by atoms with Gasteiger partial charge in [0.1, 0.15) is 12.3 Å². The first-order chi connectivity index (χ1) is 20.2. The molecule has 5 heterocycles. The van der Waals surface area contributed by atoms with E-state index in [9.17, 15) is 0 Å². The first-order valence-corrected chi connectivity index (χ1v) is 14.2. The summed E-state index contributed by atoms with van der Waals surface area (Å²) >= 11 is 0. The molecule has 6 nitrogen and oxygen atoms in total. The van der Waals surface area contributed by atoms with Crippen LogP contribution in [0.25, 0.3) is 5.57 Å². The summed E-state index contributed by atoms with van der Waals surface area (Å²) < 4.78 is 0. The first-order valence-electron chi connectivity index (χ1n) is 14.2. The van der Waals surface area contributed by atoms with Gasteiger partial charge in [-0.15, -0.1) is 0 Å². The molecule has 9 rings (SSSR count). The van der Waals surface area contributed by atoms with Crippen LogP contribution in [-0.2, 0) is 0 Å². The molecule has 0 radical (unpaired) electrons. The lowest BCUT2D eigenvalue weighted by molar-refractivity contribution is 0.324. The topological polar surface area (TPSA) is 38.7 Å². The molecule has 1 aromatic heterocycles. The third-order valence-electron chi connectivity index (χ3n) is 9.34. The number of anilines is 7. The van der Waals surface area contributed by atoms with Gasteiger partial charge in [0.15, 0.2) is 11.6 Å². The van der Waals surface area contributed by atoms with Gasteiger partial charge in [0.25, 0.3) is 0 Å². The fourth-order valence-corrected chi connectivity index (χ4v) is 7.84. The molecule has 4 aliphatic rings. The maximum atomic E-state index is 4.91. The zero-order valence-corrected chi connectivity index (χ0v) is 22.7. The van der Waals surface area contributed by atoms with Crippen LogP contribution in [0.15, 0.2) is 122 Å². The van der Waals surface area contributed by atoms with Crippen LogP contribution in [0.3, 0.4) is 0 Å². The highest BCUT2D eigenvalue weighted by molar-refractivity contribution is 5.95. The maximum absolute atomic E-state index is 4.91. The molecular formula is C35H28N6. The molecular weight excluding hydrogens is 504 g/mol. The largest absolute Gasteiger partial charge is 0.335 e. The van der Waals surface area contributed by atoms with Crippen LogP contribution in [-0.4, -0.2) is 29.3 Å². The molecule has 5 aromatic rings. The van der Waals surface area contributed by atoms with Crippen LogP contribution in [0, 0.1) is 5.92 Å². The minimum Gasteiger partial charge on any atom is -0.335 e. The normalized spacial score (nSPS) is 23.1. The number of nitrogens with zero attached hydrogens (tertiary/aromatic N) is 6. The second-order valence-electron chi connectivity index (χ2n) is 11.2. The molecule has 0 saturated carbocycles. The van der Waals surface area contributed by atoms with Crippen molar-refractivity contribution in [2.45, 2.75) is 18.2 Å². The highest BCUT2D eigenvalue weighted by atomic mass is 15.5. The number of rotatable bonds is 1. The molecule has 0 bridgehead atoms. The van der Waals surface area contributed by atoms with Crippen LogP contribution in [0.2, 0.25) is 0 Å². The molecule has 0 spiro atoms. The van der Waals surface area contributed by atoms with Gasteiger partial charge in [-0.05, 0) is 47.5 Å². The molecule has 0 N–H and O–H groups in total. The predicted octanol–water partition coefficient (Wildman–Crippen LogP) is 7.45. The minimum atomic E-state index is -0.0424. The number of benzene rings is 4. The summed E-state index contributed by atoms with van der Waals surface area (Å²) in [5.74, 6) is 1.96. The Morgan fingerprint density at radius 1 is 0.585 bits per heavy atom.